The standard InChI is InChI=1S/C29H44O.C29H52O.C28H50O.C27H48O.C26H46O/c1-11-24-22(17-21-15-13-12-14-16-21)18-23(19-27(2,3)4)26(30-29(8,9)10)25(24)20-28(5,6)7;1-16-21-22(19-26(5,6)7)24(30-28(11,12)13)20(18-25(2,3)4)17-23(21)29(14,15)27(8,9)10;1-14-21-22(19-26(7,8)9)24(29-27(10,11)12)20(18-25(4,5)6)17-23(21)28(13,15-2)16-3;1-14-21-19(16-24(2,3)4)15-20(17-25(5,6)7)23(28-27(11,12)13)22(21)18-26(8,9)10;1-13-21-19(14-18(2)3)15-20(16-24(4,5)6)23(27-26(10,11)12)22(21)17-25(7,8)9/h12-16,18H,11,17,19-20H2,1-10H3;17H,16,18-19H2,1-15H3;17H,14-16,18-19H2,1-13H3;15H,14,16-18H2,1-13H3;15,18H,13-14,16-17H2,1-12H3. The van der Waals surface area contributed by atoms with Crippen LogP contribution in [0.3, 0.4) is 0 Å². The third kappa shape index (κ3) is 48.3. The van der Waals surface area contributed by atoms with Crippen molar-refractivity contribution in [3.63, 3.8) is 0 Å². The van der Waals surface area contributed by atoms with Crippen LogP contribution in [0.1, 0.15) is 566 Å². The number of benzene rings is 6. The van der Waals surface area contributed by atoms with Crippen molar-refractivity contribution < 1.29 is 23.7 Å². The predicted molar refractivity (Wildman–Crippen MR) is 644 cm³/mol. The van der Waals surface area contributed by atoms with E-state index in [1.54, 1.807) is 5.56 Å². The van der Waals surface area contributed by atoms with E-state index in [0.29, 0.717) is 5.92 Å². The second-order valence-corrected chi connectivity index (χ2v) is 64.5. The van der Waals surface area contributed by atoms with Crippen LogP contribution < -0.4 is 23.7 Å². The lowest BCUT2D eigenvalue weighted by molar-refractivity contribution is 0.125. The molecule has 0 aromatic heterocycles. The van der Waals surface area contributed by atoms with Gasteiger partial charge in [0.15, 0.2) is 0 Å². The molecule has 0 fully saturated rings. The highest BCUT2D eigenvalue weighted by atomic mass is 16.5. The van der Waals surface area contributed by atoms with Crippen molar-refractivity contribution in [2.75, 3.05) is 0 Å². The molecule has 0 amide bonds. The van der Waals surface area contributed by atoms with Gasteiger partial charge in [0.2, 0.25) is 0 Å². The topological polar surface area (TPSA) is 46.2 Å². The molecule has 0 saturated heterocycles. The summed E-state index contributed by atoms with van der Waals surface area (Å²) in [7, 11) is 0. The zero-order valence-corrected chi connectivity index (χ0v) is 108. The molecular formula is C139H240O5. The average molecular weight is 1990 g/mol. The number of hydrogen-bond acceptors (Lipinski definition) is 5. The zero-order chi connectivity index (χ0) is 113. The average Bonchev–Trinajstić information content (AvgIpc) is 0.744. The molecule has 0 heterocycles. The van der Waals surface area contributed by atoms with Crippen molar-refractivity contribution in [3.8, 4) is 28.7 Å². The summed E-state index contributed by atoms with van der Waals surface area (Å²) in [5.41, 5.74) is 32.5. The fourth-order valence-electron chi connectivity index (χ4n) is 20.2. The van der Waals surface area contributed by atoms with Crippen LogP contribution in [0.5, 0.6) is 28.7 Å². The van der Waals surface area contributed by atoms with Crippen molar-refractivity contribution >= 4 is 0 Å². The third-order valence-electron chi connectivity index (χ3n) is 26.4. The summed E-state index contributed by atoms with van der Waals surface area (Å²) in [5.74, 6) is 6.44. The lowest BCUT2D eigenvalue weighted by Crippen LogP contribution is -2.36. The zero-order valence-electron chi connectivity index (χ0n) is 108. The highest BCUT2D eigenvalue weighted by molar-refractivity contribution is 5.59. The molecule has 6 rings (SSSR count). The Morgan fingerprint density at radius 1 is 0.208 bits per heavy atom. The van der Waals surface area contributed by atoms with Gasteiger partial charge in [-0.1, -0.05) is 393 Å². The van der Waals surface area contributed by atoms with Gasteiger partial charge in [-0.2, -0.15) is 0 Å². The molecule has 0 saturated carbocycles. The first-order chi connectivity index (χ1) is 64.1. The molecule has 5 heteroatoms. The van der Waals surface area contributed by atoms with Crippen LogP contribution in [-0.2, 0) is 126 Å². The molecule has 0 bridgehead atoms. The summed E-state index contributed by atoms with van der Waals surface area (Å²) < 4.78 is 33.5. The van der Waals surface area contributed by atoms with E-state index in [-0.39, 0.29) is 104 Å². The van der Waals surface area contributed by atoms with E-state index in [1.165, 1.54) is 124 Å². The Hall–Kier alpha value is -5.68. The summed E-state index contributed by atoms with van der Waals surface area (Å²) in [6.45, 7) is 145. The number of ether oxygens (including phenoxy) is 5. The van der Waals surface area contributed by atoms with E-state index in [4.69, 9.17) is 23.7 Å². The Bertz CT molecular complexity index is 4940. The molecule has 0 unspecified atom stereocenters. The van der Waals surface area contributed by atoms with Gasteiger partial charge < -0.3 is 23.7 Å². The van der Waals surface area contributed by atoms with Crippen LogP contribution >= 0.6 is 0 Å². The second kappa shape index (κ2) is 50.7. The molecule has 0 spiro atoms. The van der Waals surface area contributed by atoms with Gasteiger partial charge >= 0.3 is 0 Å². The first-order valence-corrected chi connectivity index (χ1v) is 57.4. The van der Waals surface area contributed by atoms with E-state index < -0.39 is 0 Å². The maximum atomic E-state index is 6.75. The molecule has 0 N–H and O–H groups in total. The van der Waals surface area contributed by atoms with E-state index in [9.17, 15) is 0 Å². The minimum absolute atomic E-state index is 0.0673. The van der Waals surface area contributed by atoms with Gasteiger partial charge in [0.05, 0.1) is 0 Å². The quantitative estimate of drug-likeness (QED) is 0.0468. The molecular weight excluding hydrogens is 1750 g/mol. The SMILES string of the molecule is CCc1c(C(C)(C)C(C)(C)C)cc(CC(C)(C)C)c(OC(C)(C)C)c1CC(C)(C)C.CCc1c(C(C)(CC)CC)cc(CC(C)(C)C)c(OC(C)(C)C)c1CC(C)(C)C.CCc1c(CC(C)(C)C)cc(CC(C)(C)C)c(OC(C)(C)C)c1CC(C)(C)C.CCc1c(CC(C)C)cc(CC(C)(C)C)c(OC(C)(C)C)c1CC(C)(C)C.CCc1c(Cc2ccccc2)cc(CC(C)(C)C)c(OC(C)(C)C)c1CC(C)(C)C. The van der Waals surface area contributed by atoms with Gasteiger partial charge in [-0.25, -0.2) is 0 Å². The fraction of sp³-hybridized carbons (Fsp3) is 0.741. The van der Waals surface area contributed by atoms with Crippen molar-refractivity contribution in [2.45, 2.75) is 603 Å². The maximum absolute atomic E-state index is 6.75. The minimum Gasteiger partial charge on any atom is -0.488 e. The van der Waals surface area contributed by atoms with Gasteiger partial charge in [0, 0.05) is 0 Å². The van der Waals surface area contributed by atoms with Crippen molar-refractivity contribution in [1.29, 1.82) is 0 Å². The van der Waals surface area contributed by atoms with Gasteiger partial charge in [0.25, 0.3) is 0 Å². The molecule has 6 aromatic carbocycles. The summed E-state index contributed by atoms with van der Waals surface area (Å²) in [5, 5.41) is 0. The summed E-state index contributed by atoms with van der Waals surface area (Å²) in [6, 6.07) is 23.3. The predicted octanol–water partition coefficient (Wildman–Crippen LogP) is 41.8. The first-order valence-electron chi connectivity index (χ1n) is 57.4. The van der Waals surface area contributed by atoms with E-state index >= 15 is 0 Å². The van der Waals surface area contributed by atoms with Crippen molar-refractivity contribution in [3.05, 3.63) is 177 Å². The lowest BCUT2D eigenvalue weighted by atomic mass is 9.62. The van der Waals surface area contributed by atoms with E-state index in [0.717, 1.165) is 144 Å². The first kappa shape index (κ1) is 134. The maximum Gasteiger partial charge on any atom is 0.126 e. The van der Waals surface area contributed by atoms with Crippen LogP contribution in [0.4, 0.5) is 0 Å². The fourth-order valence-corrected chi connectivity index (χ4v) is 20.2. The molecule has 0 atom stereocenters. The summed E-state index contributed by atoms with van der Waals surface area (Å²) >= 11 is 0. The molecule has 0 aliphatic carbocycles. The Kier molecular flexibility index (Phi) is 47.3. The van der Waals surface area contributed by atoms with Crippen molar-refractivity contribution in [2.24, 2.45) is 70.9 Å². The monoisotopic (exact) mass is 1990 g/mol. The molecule has 0 aliphatic heterocycles. The highest BCUT2D eigenvalue weighted by Gasteiger charge is 2.42. The van der Waals surface area contributed by atoms with Gasteiger partial charge in [-0.15, -0.1) is 0 Å². The van der Waals surface area contributed by atoms with Crippen LogP contribution in [0.25, 0.3) is 0 Å². The Balaban J connectivity index is 0.000000609. The van der Waals surface area contributed by atoms with Crippen LogP contribution in [-0.4, -0.2) is 28.0 Å². The molecule has 0 aliphatic rings. The van der Waals surface area contributed by atoms with Crippen molar-refractivity contribution in [1.82, 2.24) is 0 Å². The molecule has 5 nitrogen and oxygen atoms in total. The molecule has 826 valence electrons. The Labute approximate surface area is 898 Å². The van der Waals surface area contributed by atoms with E-state index in [2.05, 4.69) is 497 Å². The van der Waals surface area contributed by atoms with Crippen LogP contribution in [0.15, 0.2) is 60.7 Å². The van der Waals surface area contributed by atoms with Gasteiger partial charge in [0.1, 0.15) is 56.8 Å². The highest BCUT2D eigenvalue weighted by Crippen LogP contribution is 2.52. The second-order valence-electron chi connectivity index (χ2n) is 64.5. The minimum atomic E-state index is -0.217. The molecule has 144 heavy (non-hydrogen) atoms. The van der Waals surface area contributed by atoms with E-state index in [1.807, 2.05) is 0 Å². The summed E-state index contributed by atoms with van der Waals surface area (Å²) in [6.07, 6.45) is 21.2. The number of rotatable bonds is 29. The number of hydrogen-bond donors (Lipinski definition) is 0. The smallest absolute Gasteiger partial charge is 0.126 e. The largest absolute Gasteiger partial charge is 0.488 e. The Morgan fingerprint density at radius 3 is 0.632 bits per heavy atom. The lowest BCUT2D eigenvalue weighted by Gasteiger charge is -2.42. The van der Waals surface area contributed by atoms with Gasteiger partial charge in [-0.3, -0.25) is 0 Å². The molecule has 6 aromatic rings. The van der Waals surface area contributed by atoms with Crippen LogP contribution in [0.2, 0.25) is 0 Å². The van der Waals surface area contributed by atoms with Crippen LogP contribution in [0, 0.1) is 70.9 Å². The summed E-state index contributed by atoms with van der Waals surface area (Å²) in [4.78, 5) is 0. The Morgan fingerprint density at radius 2 is 0.410 bits per heavy atom. The van der Waals surface area contributed by atoms with Gasteiger partial charge in [-0.05, 0) is 431 Å². The normalized spacial score (nSPS) is 13.6. The third-order valence-corrected chi connectivity index (χ3v) is 26.4. The molecule has 0 radical (unpaired) electrons.